The van der Waals surface area contributed by atoms with E-state index in [1.165, 1.54) is 11.3 Å². The lowest BCUT2D eigenvalue weighted by molar-refractivity contribution is 0.739. The average Bonchev–Trinajstić information content (AvgIpc) is 2.66. The molecule has 0 amide bonds. The van der Waals surface area contributed by atoms with Gasteiger partial charge >= 0.3 is 0 Å². The highest BCUT2D eigenvalue weighted by atomic mass is 32.1. The van der Waals surface area contributed by atoms with Crippen LogP contribution in [-0.4, -0.2) is 9.55 Å². The van der Waals surface area contributed by atoms with Crippen LogP contribution in [0.15, 0.2) is 82.7 Å². The fourth-order valence-corrected chi connectivity index (χ4v) is 3.77. The summed E-state index contributed by atoms with van der Waals surface area (Å²) in [5, 5.41) is 0.622. The predicted octanol–water partition coefficient (Wildman–Crippen LogP) is 4.05. The molecule has 0 aliphatic carbocycles. The number of hydrogen-bond donors (Lipinski definition) is 0. The van der Waals surface area contributed by atoms with Gasteiger partial charge in [-0.25, -0.2) is 9.98 Å². The Morgan fingerprint density at radius 3 is 2.69 bits per heavy atom. The molecular formula is C21H17N3OS. The summed E-state index contributed by atoms with van der Waals surface area (Å²) in [6.07, 6.45) is 1.70. The molecule has 0 bridgehead atoms. The van der Waals surface area contributed by atoms with Crippen molar-refractivity contribution in [3.05, 3.63) is 99.2 Å². The maximum atomic E-state index is 13.1. The summed E-state index contributed by atoms with van der Waals surface area (Å²) in [5.74, 6) is 0. The molecule has 128 valence electrons. The average molecular weight is 359 g/mol. The molecule has 0 spiro atoms. The predicted molar refractivity (Wildman–Crippen MR) is 106 cm³/mol. The topological polar surface area (TPSA) is 47.2 Å². The number of aryl methyl sites for hydroxylation is 1. The normalized spacial score (nSPS) is 11.8. The van der Waals surface area contributed by atoms with Crippen molar-refractivity contribution in [2.75, 3.05) is 0 Å². The third kappa shape index (κ3) is 3.34. The van der Waals surface area contributed by atoms with E-state index in [-0.39, 0.29) is 5.56 Å². The molecule has 26 heavy (non-hydrogen) atoms. The lowest BCUT2D eigenvalue weighted by Crippen LogP contribution is -2.32. The van der Waals surface area contributed by atoms with Crippen LogP contribution in [-0.2, 0) is 6.54 Å². The van der Waals surface area contributed by atoms with E-state index in [1.807, 2.05) is 67.6 Å². The van der Waals surface area contributed by atoms with Crippen LogP contribution in [0.1, 0.15) is 11.1 Å². The van der Waals surface area contributed by atoms with E-state index in [9.17, 15) is 4.79 Å². The van der Waals surface area contributed by atoms with Gasteiger partial charge in [0.25, 0.3) is 5.56 Å². The summed E-state index contributed by atoms with van der Waals surface area (Å²) in [6.45, 7) is 2.51. The number of rotatable bonds is 3. The number of benzene rings is 2. The van der Waals surface area contributed by atoms with Crippen LogP contribution in [0, 0.1) is 6.92 Å². The third-order valence-electron chi connectivity index (χ3n) is 4.08. The second-order valence-electron chi connectivity index (χ2n) is 6.07. The van der Waals surface area contributed by atoms with E-state index >= 15 is 0 Å². The first kappa shape index (κ1) is 16.4. The summed E-state index contributed by atoms with van der Waals surface area (Å²) < 4.78 is 1.73. The number of nitrogens with zero attached hydrogens (tertiary/aromatic N) is 3. The van der Waals surface area contributed by atoms with E-state index in [2.05, 4.69) is 4.98 Å². The van der Waals surface area contributed by atoms with Gasteiger partial charge in [0.2, 0.25) is 0 Å². The molecule has 0 fully saturated rings. The molecule has 0 N–H and O–H groups in total. The first-order valence-corrected chi connectivity index (χ1v) is 9.16. The molecule has 4 rings (SSSR count). The molecule has 0 saturated carbocycles. The first-order chi connectivity index (χ1) is 12.7. The van der Waals surface area contributed by atoms with Crippen molar-refractivity contribution in [1.82, 2.24) is 9.55 Å². The highest BCUT2D eigenvalue weighted by molar-refractivity contribution is 7.15. The number of aromatic nitrogens is 2. The van der Waals surface area contributed by atoms with Crippen molar-refractivity contribution in [2.45, 2.75) is 13.5 Å². The lowest BCUT2D eigenvalue weighted by Gasteiger charge is -2.08. The smallest absolute Gasteiger partial charge is 0.263 e. The molecular weight excluding hydrogens is 342 g/mol. The van der Waals surface area contributed by atoms with Crippen molar-refractivity contribution in [3.8, 4) is 0 Å². The van der Waals surface area contributed by atoms with Crippen LogP contribution in [0.2, 0.25) is 0 Å². The second-order valence-corrected chi connectivity index (χ2v) is 7.02. The standard InChI is InChI=1S/C21H17N3OS/c1-15-7-5-10-17(13-15)23-21-24(14-16-8-3-2-4-9-16)20(25)18-11-6-12-22-19(18)26-21/h2-13H,14H2,1H3. The van der Waals surface area contributed by atoms with Gasteiger partial charge < -0.3 is 0 Å². The maximum Gasteiger partial charge on any atom is 0.263 e. The molecule has 5 heteroatoms. The third-order valence-corrected chi connectivity index (χ3v) is 5.09. The molecule has 0 saturated heterocycles. The largest absolute Gasteiger partial charge is 0.279 e. The van der Waals surface area contributed by atoms with Crippen LogP contribution in [0.3, 0.4) is 0 Å². The van der Waals surface area contributed by atoms with Gasteiger partial charge in [-0.15, -0.1) is 0 Å². The highest BCUT2D eigenvalue weighted by Crippen LogP contribution is 2.14. The first-order valence-electron chi connectivity index (χ1n) is 8.35. The molecule has 0 radical (unpaired) electrons. The monoisotopic (exact) mass is 359 g/mol. The van der Waals surface area contributed by atoms with Gasteiger partial charge in [-0.05, 0) is 42.3 Å². The molecule has 4 nitrogen and oxygen atoms in total. The Balaban J connectivity index is 1.98. The van der Waals surface area contributed by atoms with Crippen molar-refractivity contribution in [1.29, 1.82) is 0 Å². The molecule has 2 heterocycles. The number of hydrogen-bond acceptors (Lipinski definition) is 4. The fraction of sp³-hybridized carbons (Fsp3) is 0.0952. The Kier molecular flexibility index (Phi) is 4.46. The fourth-order valence-electron chi connectivity index (χ4n) is 2.81. The highest BCUT2D eigenvalue weighted by Gasteiger charge is 2.08. The van der Waals surface area contributed by atoms with E-state index in [0.717, 1.165) is 16.8 Å². The van der Waals surface area contributed by atoms with Gasteiger partial charge in [0.1, 0.15) is 4.83 Å². The Hall–Kier alpha value is -3.05. The van der Waals surface area contributed by atoms with E-state index in [4.69, 9.17) is 4.99 Å². The summed E-state index contributed by atoms with van der Waals surface area (Å²) in [5.41, 5.74) is 2.96. The van der Waals surface area contributed by atoms with Crippen molar-refractivity contribution >= 4 is 27.2 Å². The van der Waals surface area contributed by atoms with Crippen LogP contribution < -0.4 is 10.4 Å². The summed E-state index contributed by atoms with van der Waals surface area (Å²) >= 11 is 1.43. The molecule has 4 aromatic rings. The minimum atomic E-state index is -0.0675. The van der Waals surface area contributed by atoms with Gasteiger partial charge in [-0.1, -0.05) is 53.8 Å². The Morgan fingerprint density at radius 1 is 1.04 bits per heavy atom. The SMILES string of the molecule is Cc1cccc(N=c2sc3ncccc3c(=O)n2Cc2ccccc2)c1. The molecule has 2 aromatic carbocycles. The van der Waals surface area contributed by atoms with Gasteiger partial charge in [0.15, 0.2) is 4.80 Å². The summed E-state index contributed by atoms with van der Waals surface area (Å²) in [7, 11) is 0. The zero-order valence-corrected chi connectivity index (χ0v) is 15.1. The van der Waals surface area contributed by atoms with Crippen LogP contribution in [0.25, 0.3) is 10.2 Å². The van der Waals surface area contributed by atoms with Gasteiger partial charge in [0, 0.05) is 6.20 Å². The van der Waals surface area contributed by atoms with Gasteiger partial charge in [0.05, 0.1) is 17.6 Å². The molecule has 0 aliphatic rings. The second kappa shape index (κ2) is 7.06. The number of pyridine rings is 1. The summed E-state index contributed by atoms with van der Waals surface area (Å²) in [4.78, 5) is 23.5. The van der Waals surface area contributed by atoms with E-state index in [1.54, 1.807) is 16.8 Å². The van der Waals surface area contributed by atoms with Gasteiger partial charge in [-0.3, -0.25) is 9.36 Å². The minimum absolute atomic E-state index is 0.0675. The van der Waals surface area contributed by atoms with Crippen molar-refractivity contribution in [2.24, 2.45) is 4.99 Å². The van der Waals surface area contributed by atoms with Gasteiger partial charge in [-0.2, -0.15) is 0 Å². The Bertz CT molecular complexity index is 1190. The minimum Gasteiger partial charge on any atom is -0.279 e. The number of fused-ring (bicyclic) bond motifs is 1. The Labute approximate surface area is 154 Å². The van der Waals surface area contributed by atoms with Crippen LogP contribution >= 0.6 is 11.3 Å². The van der Waals surface area contributed by atoms with E-state index in [0.29, 0.717) is 21.6 Å². The molecule has 2 aromatic heterocycles. The van der Waals surface area contributed by atoms with Crippen LogP contribution in [0.5, 0.6) is 0 Å². The molecule has 0 aliphatic heterocycles. The zero-order chi connectivity index (χ0) is 17.9. The zero-order valence-electron chi connectivity index (χ0n) is 14.3. The molecule has 0 atom stereocenters. The quantitative estimate of drug-likeness (QED) is 0.554. The van der Waals surface area contributed by atoms with Crippen LogP contribution in [0.4, 0.5) is 5.69 Å². The van der Waals surface area contributed by atoms with E-state index < -0.39 is 0 Å². The lowest BCUT2D eigenvalue weighted by atomic mass is 10.2. The maximum absolute atomic E-state index is 13.1. The van der Waals surface area contributed by atoms with Crippen molar-refractivity contribution < 1.29 is 0 Å². The Morgan fingerprint density at radius 2 is 1.88 bits per heavy atom. The molecule has 0 unspecified atom stereocenters. The van der Waals surface area contributed by atoms with Crippen molar-refractivity contribution in [3.63, 3.8) is 0 Å². The summed E-state index contributed by atoms with van der Waals surface area (Å²) in [6, 6.07) is 21.5.